The van der Waals surface area contributed by atoms with E-state index in [0.29, 0.717) is 65.4 Å². The Morgan fingerprint density at radius 2 is 0.836 bits per heavy atom. The van der Waals surface area contributed by atoms with Crippen molar-refractivity contribution < 1.29 is 43.2 Å². The fourth-order valence-electron chi connectivity index (χ4n) is 6.86. The van der Waals surface area contributed by atoms with Crippen LogP contribution in [0.5, 0.6) is 0 Å². The lowest BCUT2D eigenvalue weighted by molar-refractivity contribution is -0.158. The molecule has 2 rings (SSSR count). The molecule has 1 saturated carbocycles. The lowest BCUT2D eigenvalue weighted by Gasteiger charge is -2.37. The highest BCUT2D eigenvalue weighted by Gasteiger charge is 2.30. The quantitative estimate of drug-likeness (QED) is 0.215. The summed E-state index contributed by atoms with van der Waals surface area (Å²) in [5.41, 5.74) is -2.50. The van der Waals surface area contributed by atoms with E-state index >= 15 is 0 Å². The van der Waals surface area contributed by atoms with E-state index in [1.165, 1.54) is 6.42 Å². The number of carbonyl (C=O) groups is 4. The summed E-state index contributed by atoms with van der Waals surface area (Å²) in [6, 6.07) is 0.194. The smallest absolute Gasteiger partial charge is 0.320 e. The fourth-order valence-corrected chi connectivity index (χ4v) is 6.86. The van der Waals surface area contributed by atoms with Crippen LogP contribution in [0.1, 0.15) is 115 Å². The molecule has 1 aliphatic heterocycles. The number of nitrogens with zero attached hydrogens (tertiary/aromatic N) is 5. The van der Waals surface area contributed by atoms with Crippen molar-refractivity contribution in [2.45, 2.75) is 150 Å². The van der Waals surface area contributed by atoms with Gasteiger partial charge >= 0.3 is 23.9 Å². The highest BCUT2D eigenvalue weighted by molar-refractivity contribution is 5.73. The third-order valence-electron chi connectivity index (χ3n) is 9.01. The maximum atomic E-state index is 13.1. The Morgan fingerprint density at radius 1 is 0.527 bits per heavy atom. The Labute approximate surface area is 332 Å². The first-order chi connectivity index (χ1) is 25.2. The Hall–Kier alpha value is -2.36. The van der Waals surface area contributed by atoms with Gasteiger partial charge in [-0.05, 0) is 95.9 Å². The van der Waals surface area contributed by atoms with Crippen LogP contribution in [-0.4, -0.2) is 180 Å². The van der Waals surface area contributed by atoms with Crippen molar-refractivity contribution in [1.82, 2.24) is 24.5 Å². The van der Waals surface area contributed by atoms with E-state index in [0.717, 1.165) is 25.7 Å². The minimum atomic E-state index is -0.764. The molecule has 14 heteroatoms. The number of β-amino-alcohol motifs (C(OH)–C–C–N with tert-alkyl or cyclic N) is 1. The second kappa shape index (κ2) is 22.0. The van der Waals surface area contributed by atoms with Crippen molar-refractivity contribution in [3.8, 4) is 0 Å². The zero-order valence-corrected chi connectivity index (χ0v) is 36.5. The first kappa shape index (κ1) is 48.8. The van der Waals surface area contributed by atoms with E-state index < -0.39 is 28.5 Å². The predicted molar refractivity (Wildman–Crippen MR) is 214 cm³/mol. The topological polar surface area (TPSA) is 142 Å². The summed E-state index contributed by atoms with van der Waals surface area (Å²) in [6.45, 7) is 27.1. The minimum absolute atomic E-state index is 0.0664. The second-order valence-electron chi connectivity index (χ2n) is 19.3. The van der Waals surface area contributed by atoms with Crippen molar-refractivity contribution in [2.75, 3.05) is 91.6 Å². The molecular weight excluding hydrogens is 706 g/mol. The second-order valence-corrected chi connectivity index (χ2v) is 19.3. The molecule has 1 aliphatic carbocycles. The van der Waals surface area contributed by atoms with Crippen LogP contribution in [0.3, 0.4) is 0 Å². The van der Waals surface area contributed by atoms with Crippen LogP contribution in [0.25, 0.3) is 0 Å². The zero-order chi connectivity index (χ0) is 41.6. The molecule has 1 saturated heterocycles. The molecule has 0 bridgehead atoms. The molecule has 320 valence electrons. The first-order valence-electron chi connectivity index (χ1n) is 20.4. The van der Waals surface area contributed by atoms with E-state index in [-0.39, 0.29) is 56.1 Å². The van der Waals surface area contributed by atoms with Crippen LogP contribution in [-0.2, 0) is 38.1 Å². The summed E-state index contributed by atoms with van der Waals surface area (Å²) >= 11 is 0. The molecule has 2 aliphatic rings. The van der Waals surface area contributed by atoms with Crippen molar-refractivity contribution >= 4 is 23.9 Å². The summed E-state index contributed by atoms with van der Waals surface area (Å²) in [7, 11) is 0. The average molecular weight is 784 g/mol. The standard InChI is InChI=1S/C41H77N5O9/c1-38(2,3)52-34(48)28-43-20-18-42(26-33(47)27-46(32-16-14-13-15-17-32)31-37(51)55-41(10,11)12)19-21-44(29-35(49)53-39(4,5)6)23-25-45(24-22-43)30-36(50)54-40(7,8)9/h32-33,47H,13-31H2,1-12H3. The number of hydrogen-bond acceptors (Lipinski definition) is 14. The van der Waals surface area contributed by atoms with Crippen LogP contribution in [0.15, 0.2) is 0 Å². The molecule has 55 heavy (non-hydrogen) atoms. The maximum Gasteiger partial charge on any atom is 0.320 e. The molecule has 1 atom stereocenters. The van der Waals surface area contributed by atoms with Crippen molar-refractivity contribution in [1.29, 1.82) is 0 Å². The van der Waals surface area contributed by atoms with Crippen LogP contribution in [0.4, 0.5) is 0 Å². The first-order valence-corrected chi connectivity index (χ1v) is 20.4. The molecule has 1 unspecified atom stereocenters. The molecular formula is C41H77N5O9. The van der Waals surface area contributed by atoms with E-state index in [9.17, 15) is 24.3 Å². The van der Waals surface area contributed by atoms with Crippen LogP contribution in [0, 0.1) is 0 Å². The number of hydrogen-bond donors (Lipinski definition) is 1. The Bertz CT molecular complexity index is 1150. The summed E-state index contributed by atoms with van der Waals surface area (Å²) in [6.07, 6.45) is 4.54. The van der Waals surface area contributed by atoms with E-state index in [4.69, 9.17) is 18.9 Å². The molecule has 0 spiro atoms. The van der Waals surface area contributed by atoms with Gasteiger partial charge in [-0.1, -0.05) is 19.3 Å². The summed E-state index contributed by atoms with van der Waals surface area (Å²) < 4.78 is 22.7. The molecule has 0 aromatic rings. The molecule has 1 N–H and O–H groups in total. The third-order valence-corrected chi connectivity index (χ3v) is 9.01. The van der Waals surface area contributed by atoms with Crippen LogP contribution < -0.4 is 0 Å². The highest BCUT2D eigenvalue weighted by atomic mass is 16.6. The van der Waals surface area contributed by atoms with Gasteiger partial charge in [0.2, 0.25) is 0 Å². The zero-order valence-electron chi connectivity index (χ0n) is 36.5. The molecule has 0 amide bonds. The maximum absolute atomic E-state index is 13.1. The van der Waals surface area contributed by atoms with Gasteiger partial charge in [-0.25, -0.2) is 0 Å². The van der Waals surface area contributed by atoms with Crippen molar-refractivity contribution in [3.05, 3.63) is 0 Å². The van der Waals surface area contributed by atoms with Crippen LogP contribution >= 0.6 is 0 Å². The van der Waals surface area contributed by atoms with Gasteiger partial charge < -0.3 is 24.1 Å². The molecule has 2 fully saturated rings. The van der Waals surface area contributed by atoms with Gasteiger partial charge in [0.1, 0.15) is 22.4 Å². The minimum Gasteiger partial charge on any atom is -0.459 e. The Kier molecular flexibility index (Phi) is 19.5. The van der Waals surface area contributed by atoms with Gasteiger partial charge in [0.25, 0.3) is 0 Å². The van der Waals surface area contributed by atoms with Gasteiger partial charge in [0.05, 0.1) is 32.3 Å². The van der Waals surface area contributed by atoms with Crippen molar-refractivity contribution in [2.24, 2.45) is 0 Å². The Balaban J connectivity index is 2.34. The van der Waals surface area contributed by atoms with Gasteiger partial charge in [-0.2, -0.15) is 0 Å². The predicted octanol–water partition coefficient (Wildman–Crippen LogP) is 3.57. The molecule has 0 aromatic heterocycles. The van der Waals surface area contributed by atoms with E-state index in [1.54, 1.807) is 0 Å². The van der Waals surface area contributed by atoms with Crippen LogP contribution in [0.2, 0.25) is 0 Å². The van der Waals surface area contributed by atoms with Gasteiger partial charge in [-0.15, -0.1) is 0 Å². The largest absolute Gasteiger partial charge is 0.459 e. The lowest BCUT2D eigenvalue weighted by atomic mass is 9.94. The SMILES string of the molecule is CC(C)(C)OC(=O)CN1CCN(CC(=O)OC(C)(C)C)CCN(CC(O)CN(CC(=O)OC(C)(C)C)C2CCCCC2)CCN(CC(=O)OC(C)(C)C)CC1. The monoisotopic (exact) mass is 784 g/mol. The summed E-state index contributed by atoms with van der Waals surface area (Å²) in [5, 5.41) is 11.7. The average Bonchev–Trinajstić information content (AvgIpc) is 2.98. The lowest BCUT2D eigenvalue weighted by Crippen LogP contribution is -2.51. The number of ether oxygens (including phenoxy) is 4. The van der Waals surface area contributed by atoms with Gasteiger partial charge in [-0.3, -0.25) is 43.7 Å². The molecule has 0 aromatic carbocycles. The van der Waals surface area contributed by atoms with Gasteiger partial charge in [0.15, 0.2) is 0 Å². The highest BCUT2D eigenvalue weighted by Crippen LogP contribution is 2.23. The van der Waals surface area contributed by atoms with Gasteiger partial charge in [0, 0.05) is 71.5 Å². The van der Waals surface area contributed by atoms with E-state index in [1.807, 2.05) is 97.8 Å². The number of rotatable bonds is 13. The number of carbonyl (C=O) groups excluding carboxylic acids is 4. The fraction of sp³-hybridized carbons (Fsp3) is 0.902. The summed E-state index contributed by atoms with van der Waals surface area (Å²) in [5.74, 6) is -1.31. The normalized spacial score (nSPS) is 19.6. The number of esters is 4. The Morgan fingerprint density at radius 3 is 1.16 bits per heavy atom. The summed E-state index contributed by atoms with van der Waals surface area (Å²) in [4.78, 5) is 62.4. The molecule has 0 radical (unpaired) electrons. The van der Waals surface area contributed by atoms with Crippen molar-refractivity contribution in [3.63, 3.8) is 0 Å². The van der Waals surface area contributed by atoms with E-state index in [2.05, 4.69) is 9.80 Å². The number of aliphatic hydroxyl groups excluding tert-OH is 1. The molecule has 1 heterocycles. The molecule has 14 nitrogen and oxygen atoms in total. The third kappa shape index (κ3) is 23.5. The number of aliphatic hydroxyl groups is 1.